The lowest BCUT2D eigenvalue weighted by Crippen LogP contribution is -2.51. The van der Waals surface area contributed by atoms with Crippen LogP contribution in [0.1, 0.15) is 33.1 Å². The Morgan fingerprint density at radius 3 is 2.44 bits per heavy atom. The molecule has 2 aliphatic heterocycles. The summed E-state index contributed by atoms with van der Waals surface area (Å²) in [6.07, 6.45) is 3.93. The summed E-state index contributed by atoms with van der Waals surface area (Å²) in [5, 5.41) is 11.2. The Kier molecular flexibility index (Phi) is 6.99. The topological polar surface area (TPSA) is 87.7 Å². The van der Waals surface area contributed by atoms with Crippen molar-refractivity contribution in [1.82, 2.24) is 20.4 Å². The number of ether oxygens (including phenoxy) is 1. The highest BCUT2D eigenvalue weighted by atomic mass is 16.5. The molecule has 1 aromatic heterocycles. The highest BCUT2D eigenvalue weighted by Crippen LogP contribution is 2.29. The van der Waals surface area contributed by atoms with Gasteiger partial charge in [-0.15, -0.1) is 5.10 Å². The van der Waals surface area contributed by atoms with E-state index in [9.17, 15) is 9.59 Å². The van der Waals surface area contributed by atoms with Gasteiger partial charge in [0.05, 0.1) is 11.6 Å². The van der Waals surface area contributed by atoms with E-state index < -0.39 is 0 Å². The molecular formula is C24H31N5O3. The molecule has 0 saturated carbocycles. The first kappa shape index (κ1) is 22.2. The van der Waals surface area contributed by atoms with Crippen molar-refractivity contribution < 1.29 is 14.3 Å². The number of carbonyl (C=O) groups excluding carboxylic acids is 2. The number of nitrogens with zero attached hydrogens (tertiary/aromatic N) is 4. The summed E-state index contributed by atoms with van der Waals surface area (Å²) in [6, 6.07) is 11.1. The molecule has 1 N–H and O–H groups in total. The second-order valence-electron chi connectivity index (χ2n) is 8.90. The average Bonchev–Trinajstić information content (AvgIpc) is 2.75. The highest BCUT2D eigenvalue weighted by Gasteiger charge is 2.32. The maximum absolute atomic E-state index is 13.0. The van der Waals surface area contributed by atoms with Crippen molar-refractivity contribution in [2.75, 3.05) is 31.1 Å². The summed E-state index contributed by atoms with van der Waals surface area (Å²) in [4.78, 5) is 28.9. The van der Waals surface area contributed by atoms with Crippen LogP contribution < -0.4 is 15.0 Å². The maximum Gasteiger partial charge on any atom is 0.238 e. The van der Waals surface area contributed by atoms with Crippen LogP contribution in [0.4, 0.5) is 11.5 Å². The lowest BCUT2D eigenvalue weighted by molar-refractivity contribution is -0.133. The normalized spacial score (nSPS) is 17.2. The lowest BCUT2D eigenvalue weighted by atomic mass is 10.0. The van der Waals surface area contributed by atoms with Gasteiger partial charge in [0.1, 0.15) is 11.9 Å². The molecule has 1 aromatic carbocycles. The largest absolute Gasteiger partial charge is 0.490 e. The van der Waals surface area contributed by atoms with E-state index in [1.807, 2.05) is 29.2 Å². The summed E-state index contributed by atoms with van der Waals surface area (Å²) in [6.45, 7) is 6.96. The number of likely N-dealkylation sites (tertiary alicyclic amines) is 1. The van der Waals surface area contributed by atoms with Crippen molar-refractivity contribution in [1.29, 1.82) is 0 Å². The summed E-state index contributed by atoms with van der Waals surface area (Å²) in [5.41, 5.74) is 0.740. The number of hydrogen-bond acceptors (Lipinski definition) is 6. The highest BCUT2D eigenvalue weighted by molar-refractivity contribution is 6.01. The molecule has 2 amide bonds. The van der Waals surface area contributed by atoms with E-state index in [1.54, 1.807) is 23.2 Å². The molecular weight excluding hydrogens is 406 g/mol. The standard InChI is InChI=1S/C24H31N5O3/c1-17(2)14-23(30)28-12-9-21(10-13-28)32-20-7-5-19(6-8-20)29(22-4-3-11-26-27-22)24(31)18-15-25-16-18/h3-8,11,17-18,21,25H,9-10,12-16H2,1-2H3. The predicted molar refractivity (Wildman–Crippen MR) is 122 cm³/mol. The molecule has 2 fully saturated rings. The molecule has 0 unspecified atom stereocenters. The molecule has 3 heterocycles. The van der Waals surface area contributed by atoms with Gasteiger partial charge in [-0.1, -0.05) is 13.8 Å². The Morgan fingerprint density at radius 2 is 1.88 bits per heavy atom. The molecule has 0 radical (unpaired) electrons. The van der Waals surface area contributed by atoms with Gasteiger partial charge in [0, 0.05) is 51.6 Å². The third-order valence-electron chi connectivity index (χ3n) is 5.91. The number of amides is 2. The number of benzene rings is 1. The quantitative estimate of drug-likeness (QED) is 0.717. The number of rotatable bonds is 7. The van der Waals surface area contributed by atoms with Gasteiger partial charge in [0.25, 0.3) is 0 Å². The number of nitrogens with one attached hydrogen (secondary N) is 1. The van der Waals surface area contributed by atoms with Crippen molar-refractivity contribution in [2.24, 2.45) is 11.8 Å². The number of piperidine rings is 1. The number of carbonyl (C=O) groups is 2. The van der Waals surface area contributed by atoms with Gasteiger partial charge in [-0.3, -0.25) is 14.5 Å². The summed E-state index contributed by atoms with van der Waals surface area (Å²) >= 11 is 0. The molecule has 0 bridgehead atoms. The minimum Gasteiger partial charge on any atom is -0.490 e. The van der Waals surface area contributed by atoms with E-state index in [2.05, 4.69) is 29.4 Å². The summed E-state index contributed by atoms with van der Waals surface area (Å²) in [5.74, 6) is 1.84. The third-order valence-corrected chi connectivity index (χ3v) is 5.91. The van der Waals surface area contributed by atoms with Crippen LogP contribution in [0.15, 0.2) is 42.6 Å². The molecule has 4 rings (SSSR count). The Bertz CT molecular complexity index is 907. The van der Waals surface area contributed by atoms with Crippen molar-refractivity contribution in [2.45, 2.75) is 39.2 Å². The number of anilines is 2. The van der Waals surface area contributed by atoms with Crippen molar-refractivity contribution in [3.05, 3.63) is 42.6 Å². The lowest BCUT2D eigenvalue weighted by Gasteiger charge is -2.33. The van der Waals surface area contributed by atoms with Crippen LogP contribution in [0.3, 0.4) is 0 Å². The Balaban J connectivity index is 1.39. The first-order valence-corrected chi connectivity index (χ1v) is 11.4. The van der Waals surface area contributed by atoms with Crippen LogP contribution >= 0.6 is 0 Å². The minimum atomic E-state index is -0.0588. The van der Waals surface area contributed by atoms with E-state index in [0.29, 0.717) is 31.2 Å². The van der Waals surface area contributed by atoms with E-state index in [4.69, 9.17) is 4.74 Å². The van der Waals surface area contributed by atoms with Gasteiger partial charge in [0.15, 0.2) is 5.82 Å². The minimum absolute atomic E-state index is 0.0105. The summed E-state index contributed by atoms with van der Waals surface area (Å²) in [7, 11) is 0. The fourth-order valence-electron chi connectivity index (χ4n) is 4.00. The monoisotopic (exact) mass is 437 g/mol. The summed E-state index contributed by atoms with van der Waals surface area (Å²) < 4.78 is 6.17. The van der Waals surface area contributed by atoms with Crippen LogP contribution in [0, 0.1) is 11.8 Å². The molecule has 0 atom stereocenters. The zero-order valence-corrected chi connectivity index (χ0v) is 18.7. The van der Waals surface area contributed by atoms with Crippen molar-refractivity contribution in [3.63, 3.8) is 0 Å². The van der Waals surface area contributed by atoms with Crippen LogP contribution in [-0.4, -0.2) is 59.2 Å². The van der Waals surface area contributed by atoms with Crippen LogP contribution in [0.25, 0.3) is 0 Å². The molecule has 170 valence electrons. The molecule has 32 heavy (non-hydrogen) atoms. The van der Waals surface area contributed by atoms with Crippen LogP contribution in [-0.2, 0) is 9.59 Å². The zero-order chi connectivity index (χ0) is 22.5. The van der Waals surface area contributed by atoms with Gasteiger partial charge in [-0.05, 0) is 42.3 Å². The van der Waals surface area contributed by atoms with Gasteiger partial charge in [-0.2, -0.15) is 5.10 Å². The fourth-order valence-corrected chi connectivity index (χ4v) is 4.00. The van der Waals surface area contributed by atoms with E-state index >= 15 is 0 Å². The fraction of sp³-hybridized carbons (Fsp3) is 0.500. The molecule has 2 aliphatic rings. The Hall–Kier alpha value is -3.00. The third kappa shape index (κ3) is 5.24. The first-order chi connectivity index (χ1) is 15.5. The SMILES string of the molecule is CC(C)CC(=O)N1CCC(Oc2ccc(N(C(=O)C3CNC3)c3cccnn3)cc2)CC1. The Morgan fingerprint density at radius 1 is 1.16 bits per heavy atom. The van der Waals surface area contributed by atoms with E-state index in [0.717, 1.165) is 37.4 Å². The molecule has 0 aliphatic carbocycles. The Labute approximate surface area is 188 Å². The van der Waals surface area contributed by atoms with Gasteiger partial charge in [-0.25, -0.2) is 0 Å². The molecule has 0 spiro atoms. The number of aromatic nitrogens is 2. The maximum atomic E-state index is 13.0. The van der Waals surface area contributed by atoms with E-state index in [1.165, 1.54) is 0 Å². The van der Waals surface area contributed by atoms with Crippen molar-refractivity contribution in [3.8, 4) is 5.75 Å². The molecule has 2 saturated heterocycles. The number of hydrogen-bond donors (Lipinski definition) is 1. The van der Waals surface area contributed by atoms with Gasteiger partial charge < -0.3 is 15.0 Å². The van der Waals surface area contributed by atoms with E-state index in [-0.39, 0.29) is 23.8 Å². The van der Waals surface area contributed by atoms with Gasteiger partial charge >= 0.3 is 0 Å². The molecule has 2 aromatic rings. The molecule has 8 heteroatoms. The average molecular weight is 438 g/mol. The van der Waals surface area contributed by atoms with Crippen LogP contribution in [0.5, 0.6) is 5.75 Å². The molecule has 8 nitrogen and oxygen atoms in total. The predicted octanol–water partition coefficient (Wildman–Crippen LogP) is 2.78. The van der Waals surface area contributed by atoms with Crippen molar-refractivity contribution >= 4 is 23.3 Å². The smallest absolute Gasteiger partial charge is 0.238 e. The second kappa shape index (κ2) is 10.1. The zero-order valence-electron chi connectivity index (χ0n) is 18.7. The van der Waals surface area contributed by atoms with Gasteiger partial charge in [0.2, 0.25) is 11.8 Å². The second-order valence-corrected chi connectivity index (χ2v) is 8.90. The first-order valence-electron chi connectivity index (χ1n) is 11.4. The van der Waals surface area contributed by atoms with Crippen LogP contribution in [0.2, 0.25) is 0 Å².